The molecule has 2 aromatic carbocycles. The molecule has 0 aliphatic heterocycles. The van der Waals surface area contributed by atoms with Crippen LogP contribution in [0.5, 0.6) is 5.75 Å². The van der Waals surface area contributed by atoms with Crippen molar-refractivity contribution in [1.82, 2.24) is 4.57 Å². The molecule has 0 fully saturated rings. The summed E-state index contributed by atoms with van der Waals surface area (Å²) in [5.74, 6) is -1.26. The summed E-state index contributed by atoms with van der Waals surface area (Å²) in [5, 5.41) is 3.39. The lowest BCUT2D eigenvalue weighted by atomic mass is 10.1. The van der Waals surface area contributed by atoms with Gasteiger partial charge in [0.1, 0.15) is 17.6 Å². The maximum atomic E-state index is 13.3. The number of benzene rings is 2. The average Bonchev–Trinajstić information content (AvgIpc) is 2.70. The number of fused-ring (bicyclic) bond motifs is 1. The van der Waals surface area contributed by atoms with Gasteiger partial charge in [-0.3, -0.25) is 14.4 Å². The number of carbonyl (C=O) groups is 2. The van der Waals surface area contributed by atoms with Crippen LogP contribution in [0.3, 0.4) is 0 Å². The summed E-state index contributed by atoms with van der Waals surface area (Å²) < 4.78 is 19.9. The minimum absolute atomic E-state index is 0.0602. The van der Waals surface area contributed by atoms with E-state index in [1.165, 1.54) is 43.0 Å². The van der Waals surface area contributed by atoms with Crippen molar-refractivity contribution in [2.24, 2.45) is 5.73 Å². The SMILES string of the molecule is COc1ccc2c(=O)n([C@@H](C)C(N)=O)ccc2c1NC(=O)Cc1ccc(F)c(Cl)c1. The van der Waals surface area contributed by atoms with Crippen LogP contribution >= 0.6 is 11.6 Å². The second-order valence-corrected chi connectivity index (χ2v) is 7.09. The Bertz CT molecular complexity index is 1210. The Balaban J connectivity index is 2.00. The lowest BCUT2D eigenvalue weighted by Crippen LogP contribution is -2.31. The second-order valence-electron chi connectivity index (χ2n) is 6.68. The molecule has 0 aliphatic rings. The van der Waals surface area contributed by atoms with E-state index in [0.29, 0.717) is 22.4 Å². The predicted octanol–water partition coefficient (Wildman–Crippen LogP) is 3.03. The summed E-state index contributed by atoms with van der Waals surface area (Å²) >= 11 is 5.77. The number of primary amides is 1. The number of nitrogens with one attached hydrogen (secondary N) is 1. The van der Waals surface area contributed by atoms with Gasteiger partial charge in [-0.2, -0.15) is 0 Å². The average molecular weight is 432 g/mol. The first-order valence-electron chi connectivity index (χ1n) is 8.98. The topological polar surface area (TPSA) is 103 Å². The van der Waals surface area contributed by atoms with Gasteiger partial charge >= 0.3 is 0 Å². The number of hydrogen-bond donors (Lipinski definition) is 2. The van der Waals surface area contributed by atoms with E-state index in [1.807, 2.05) is 0 Å². The van der Waals surface area contributed by atoms with E-state index in [-0.39, 0.29) is 16.8 Å². The van der Waals surface area contributed by atoms with E-state index in [9.17, 15) is 18.8 Å². The third-order valence-electron chi connectivity index (χ3n) is 4.74. The van der Waals surface area contributed by atoms with Crippen molar-refractivity contribution in [3.63, 3.8) is 0 Å². The zero-order chi connectivity index (χ0) is 22.0. The van der Waals surface area contributed by atoms with E-state index in [0.717, 1.165) is 0 Å². The first kappa shape index (κ1) is 21.3. The van der Waals surface area contributed by atoms with E-state index in [1.54, 1.807) is 18.2 Å². The molecule has 0 saturated carbocycles. The fourth-order valence-corrected chi connectivity index (χ4v) is 3.28. The number of methoxy groups -OCH3 is 1. The highest BCUT2D eigenvalue weighted by Crippen LogP contribution is 2.32. The van der Waals surface area contributed by atoms with Gasteiger partial charge in [0, 0.05) is 17.0 Å². The molecule has 3 N–H and O–H groups in total. The number of pyridine rings is 1. The molecule has 9 heteroatoms. The van der Waals surface area contributed by atoms with Crippen LogP contribution in [-0.4, -0.2) is 23.5 Å². The molecule has 1 aromatic heterocycles. The maximum absolute atomic E-state index is 13.3. The number of rotatable bonds is 6. The first-order chi connectivity index (χ1) is 14.2. The summed E-state index contributed by atoms with van der Waals surface area (Å²) in [6.07, 6.45) is 1.38. The molecule has 1 atom stereocenters. The monoisotopic (exact) mass is 431 g/mol. The molecule has 3 aromatic rings. The molecule has 7 nitrogen and oxygen atoms in total. The Morgan fingerprint density at radius 2 is 1.97 bits per heavy atom. The van der Waals surface area contributed by atoms with Crippen LogP contribution in [0.4, 0.5) is 10.1 Å². The summed E-state index contributed by atoms with van der Waals surface area (Å²) in [4.78, 5) is 36.9. The van der Waals surface area contributed by atoms with Crippen LogP contribution in [0.1, 0.15) is 18.5 Å². The molecular formula is C21H19ClFN3O4. The van der Waals surface area contributed by atoms with Crippen LogP contribution < -0.4 is 21.3 Å². The van der Waals surface area contributed by atoms with Gasteiger partial charge in [0.25, 0.3) is 5.56 Å². The lowest BCUT2D eigenvalue weighted by molar-refractivity contribution is -0.120. The number of nitrogens with two attached hydrogens (primary N) is 1. The van der Waals surface area contributed by atoms with Crippen LogP contribution in [-0.2, 0) is 16.0 Å². The fourth-order valence-electron chi connectivity index (χ4n) is 3.08. The van der Waals surface area contributed by atoms with Crippen LogP contribution in [0.2, 0.25) is 5.02 Å². The van der Waals surface area contributed by atoms with Gasteiger partial charge in [0.2, 0.25) is 11.8 Å². The van der Waals surface area contributed by atoms with Crippen molar-refractivity contribution < 1.29 is 18.7 Å². The number of anilines is 1. The van der Waals surface area contributed by atoms with Gasteiger partial charge in [0.05, 0.1) is 24.2 Å². The fraction of sp³-hybridized carbons (Fsp3) is 0.190. The van der Waals surface area contributed by atoms with E-state index >= 15 is 0 Å². The van der Waals surface area contributed by atoms with Crippen LogP contribution in [0.15, 0.2) is 47.4 Å². The van der Waals surface area contributed by atoms with E-state index < -0.39 is 29.2 Å². The zero-order valence-corrected chi connectivity index (χ0v) is 17.0. The van der Waals surface area contributed by atoms with Crippen molar-refractivity contribution in [2.45, 2.75) is 19.4 Å². The molecular weight excluding hydrogens is 413 g/mol. The molecule has 3 rings (SSSR count). The molecule has 30 heavy (non-hydrogen) atoms. The Kier molecular flexibility index (Phi) is 6.07. The summed E-state index contributed by atoms with van der Waals surface area (Å²) in [6, 6.07) is 7.90. The second kappa shape index (κ2) is 8.54. The lowest BCUT2D eigenvalue weighted by Gasteiger charge is -2.16. The third-order valence-corrected chi connectivity index (χ3v) is 5.03. The standard InChI is InChI=1S/C21H19ClFN3O4/c1-11(20(24)28)26-8-7-13-14(21(26)29)4-6-17(30-2)19(13)25-18(27)10-12-3-5-16(23)15(22)9-12/h3-9,11H,10H2,1-2H3,(H2,24,28)(H,25,27)/t11-/m0/s1. The molecule has 2 amide bonds. The number of halogens is 2. The Labute approximate surface area is 176 Å². The van der Waals surface area contributed by atoms with E-state index in [4.69, 9.17) is 22.1 Å². The first-order valence-corrected chi connectivity index (χ1v) is 9.35. The number of aromatic nitrogens is 1. The van der Waals surface area contributed by atoms with Crippen molar-refractivity contribution in [3.05, 3.63) is 69.4 Å². The Hall–Kier alpha value is -3.39. The van der Waals surface area contributed by atoms with Gasteiger partial charge in [-0.15, -0.1) is 0 Å². The third kappa shape index (κ3) is 4.13. The predicted molar refractivity (Wildman–Crippen MR) is 112 cm³/mol. The molecule has 0 bridgehead atoms. The van der Waals surface area contributed by atoms with Gasteiger partial charge in [0.15, 0.2) is 0 Å². The number of hydrogen-bond acceptors (Lipinski definition) is 4. The zero-order valence-electron chi connectivity index (χ0n) is 16.2. The molecule has 156 valence electrons. The molecule has 0 radical (unpaired) electrons. The quantitative estimate of drug-likeness (QED) is 0.626. The highest BCUT2D eigenvalue weighted by Gasteiger charge is 2.18. The van der Waals surface area contributed by atoms with E-state index in [2.05, 4.69) is 5.32 Å². The summed E-state index contributed by atoms with van der Waals surface area (Å²) in [6.45, 7) is 1.52. The molecule has 1 heterocycles. The van der Waals surface area contributed by atoms with Crippen molar-refractivity contribution in [1.29, 1.82) is 0 Å². The summed E-state index contributed by atoms with van der Waals surface area (Å²) in [5.41, 5.74) is 5.71. The Morgan fingerprint density at radius 1 is 1.23 bits per heavy atom. The number of carbonyl (C=O) groups excluding carboxylic acids is 2. The maximum Gasteiger partial charge on any atom is 0.259 e. The van der Waals surface area contributed by atoms with Crippen LogP contribution in [0.25, 0.3) is 10.8 Å². The minimum atomic E-state index is -0.828. The normalized spacial score (nSPS) is 11.9. The van der Waals surface area contributed by atoms with Gasteiger partial charge in [-0.1, -0.05) is 17.7 Å². The van der Waals surface area contributed by atoms with Gasteiger partial charge < -0.3 is 20.4 Å². The highest BCUT2D eigenvalue weighted by molar-refractivity contribution is 6.30. The Morgan fingerprint density at radius 3 is 2.60 bits per heavy atom. The van der Waals surface area contributed by atoms with Crippen molar-refractivity contribution >= 4 is 39.9 Å². The molecule has 0 aliphatic carbocycles. The van der Waals surface area contributed by atoms with Crippen molar-refractivity contribution in [2.75, 3.05) is 12.4 Å². The van der Waals surface area contributed by atoms with Crippen LogP contribution in [0, 0.1) is 5.82 Å². The van der Waals surface area contributed by atoms with Gasteiger partial charge in [-0.25, -0.2) is 4.39 Å². The summed E-state index contributed by atoms with van der Waals surface area (Å²) in [7, 11) is 1.44. The van der Waals surface area contributed by atoms with Gasteiger partial charge in [-0.05, 0) is 42.8 Å². The minimum Gasteiger partial charge on any atom is -0.495 e. The number of nitrogens with zero attached hydrogens (tertiary/aromatic N) is 1. The number of amides is 2. The molecule has 0 unspecified atom stereocenters. The highest BCUT2D eigenvalue weighted by atomic mass is 35.5. The van der Waals surface area contributed by atoms with Crippen molar-refractivity contribution in [3.8, 4) is 5.75 Å². The molecule has 0 saturated heterocycles. The largest absolute Gasteiger partial charge is 0.495 e. The smallest absolute Gasteiger partial charge is 0.259 e. The number of ether oxygens (including phenoxy) is 1. The molecule has 0 spiro atoms.